The van der Waals surface area contributed by atoms with Crippen LogP contribution in [0.2, 0.25) is 5.02 Å². The summed E-state index contributed by atoms with van der Waals surface area (Å²) >= 11 is 6.02. The van der Waals surface area contributed by atoms with Crippen molar-refractivity contribution in [1.82, 2.24) is 10.2 Å². The maximum atomic E-state index is 13.8. The third kappa shape index (κ3) is 7.11. The summed E-state index contributed by atoms with van der Waals surface area (Å²) in [5.74, 6) is -0.364. The summed E-state index contributed by atoms with van der Waals surface area (Å²) < 4.78 is 13.8. The van der Waals surface area contributed by atoms with E-state index in [-0.39, 0.29) is 24.1 Å². The lowest BCUT2D eigenvalue weighted by molar-refractivity contribution is -0.119. The van der Waals surface area contributed by atoms with Crippen molar-refractivity contribution < 1.29 is 14.3 Å². The van der Waals surface area contributed by atoms with Crippen LogP contribution in [-0.4, -0.2) is 42.1 Å². The van der Waals surface area contributed by atoms with Crippen molar-refractivity contribution in [3.05, 3.63) is 106 Å². The van der Waals surface area contributed by atoms with Gasteiger partial charge in [-0.25, -0.2) is 4.39 Å². The second-order valence-electron chi connectivity index (χ2n) is 9.85. The predicted molar refractivity (Wildman–Crippen MR) is 150 cm³/mol. The molecule has 2 N–H and O–H groups in total. The molecule has 1 saturated heterocycles. The number of piperidine rings is 1. The van der Waals surface area contributed by atoms with E-state index in [0.29, 0.717) is 24.4 Å². The first-order valence-electron chi connectivity index (χ1n) is 12.6. The number of benzene rings is 3. The van der Waals surface area contributed by atoms with Crippen LogP contribution in [0.25, 0.3) is 0 Å². The van der Waals surface area contributed by atoms with Crippen LogP contribution in [-0.2, 0) is 15.8 Å². The number of nitrogens with one attached hydrogen (secondary N) is 1. The summed E-state index contributed by atoms with van der Waals surface area (Å²) in [5.41, 5.74) is 1.71. The summed E-state index contributed by atoms with van der Waals surface area (Å²) in [4.78, 5) is 14.3. The zero-order chi connectivity index (χ0) is 25.6. The number of aliphatic hydroxyl groups is 1. The maximum absolute atomic E-state index is 13.8. The van der Waals surface area contributed by atoms with Gasteiger partial charge < -0.3 is 15.3 Å². The Kier molecular flexibility index (Phi) is 10.1. The normalized spacial score (nSPS) is 16.9. The summed E-state index contributed by atoms with van der Waals surface area (Å²) in [6.45, 7) is 4.45. The molecule has 4 rings (SSSR count). The number of hydrogen-bond donors (Lipinski definition) is 2. The van der Waals surface area contributed by atoms with Gasteiger partial charge in [0.15, 0.2) is 0 Å². The Balaban J connectivity index is 0.00000380. The minimum absolute atomic E-state index is 0. The molecule has 1 aliphatic heterocycles. The fourth-order valence-electron chi connectivity index (χ4n) is 5.35. The molecule has 37 heavy (non-hydrogen) atoms. The van der Waals surface area contributed by atoms with E-state index in [4.69, 9.17) is 11.6 Å². The molecule has 3 aromatic carbocycles. The summed E-state index contributed by atoms with van der Waals surface area (Å²) in [7, 11) is 0. The number of halogens is 3. The number of amides is 1. The lowest BCUT2D eigenvalue weighted by atomic mass is 9.71. The van der Waals surface area contributed by atoms with Crippen molar-refractivity contribution in [3.8, 4) is 0 Å². The molecule has 0 aromatic heterocycles. The molecule has 3 aromatic rings. The topological polar surface area (TPSA) is 52.6 Å². The Labute approximate surface area is 230 Å². The highest BCUT2D eigenvalue weighted by Crippen LogP contribution is 2.38. The van der Waals surface area contributed by atoms with Crippen LogP contribution in [0.15, 0.2) is 78.9 Å². The van der Waals surface area contributed by atoms with Crippen LogP contribution in [0, 0.1) is 5.82 Å². The van der Waals surface area contributed by atoms with Crippen molar-refractivity contribution in [3.63, 3.8) is 0 Å². The quantitative estimate of drug-likeness (QED) is 0.343. The van der Waals surface area contributed by atoms with Crippen molar-refractivity contribution in [2.75, 3.05) is 26.2 Å². The van der Waals surface area contributed by atoms with E-state index in [9.17, 15) is 14.3 Å². The second kappa shape index (κ2) is 12.9. The van der Waals surface area contributed by atoms with Gasteiger partial charge in [0.05, 0.1) is 5.60 Å². The number of nitrogens with zero attached hydrogens (tertiary/aromatic N) is 1. The second-order valence-corrected chi connectivity index (χ2v) is 10.3. The molecule has 0 spiro atoms. The largest absolute Gasteiger partial charge is 0.385 e. The SMILES string of the molecule is CC(=O)NCC(CCCN1CCC(O)(c2ccc(Cl)cc2)CC1)(c1ccccc1)c1ccc(F)cc1.Cl. The highest BCUT2D eigenvalue weighted by Gasteiger charge is 2.36. The van der Waals surface area contributed by atoms with Crippen LogP contribution < -0.4 is 5.32 Å². The molecular weight excluding hydrogens is 510 g/mol. The minimum atomic E-state index is -0.825. The summed E-state index contributed by atoms with van der Waals surface area (Å²) in [5, 5.41) is 14.9. The smallest absolute Gasteiger partial charge is 0.216 e. The predicted octanol–water partition coefficient (Wildman–Crippen LogP) is 6.09. The minimum Gasteiger partial charge on any atom is -0.385 e. The van der Waals surface area contributed by atoms with Gasteiger partial charge in [-0.1, -0.05) is 66.2 Å². The standard InChI is InChI=1S/C30H34ClFN2O2.ClH/c1-23(35)33-22-29(24-6-3-2-4-7-24,25-10-14-28(32)15-11-25)16-5-19-34-20-17-30(36,18-21-34)26-8-12-27(31)13-9-26;/h2-4,6-15,36H,5,16-22H2,1H3,(H,33,35);1H. The summed E-state index contributed by atoms with van der Waals surface area (Å²) in [6, 6.07) is 24.3. The molecule has 0 bridgehead atoms. The Morgan fingerprint density at radius 1 is 1.00 bits per heavy atom. The van der Waals surface area contributed by atoms with E-state index in [0.717, 1.165) is 49.2 Å². The van der Waals surface area contributed by atoms with E-state index in [2.05, 4.69) is 22.3 Å². The first-order valence-corrected chi connectivity index (χ1v) is 13.0. The molecule has 1 aliphatic rings. The summed E-state index contributed by atoms with van der Waals surface area (Å²) in [6.07, 6.45) is 3.02. The molecule has 7 heteroatoms. The average molecular weight is 546 g/mol. The first kappa shape index (κ1) is 29.1. The molecule has 1 unspecified atom stereocenters. The van der Waals surface area contributed by atoms with E-state index in [1.807, 2.05) is 54.6 Å². The number of hydrogen-bond acceptors (Lipinski definition) is 3. The average Bonchev–Trinajstić information content (AvgIpc) is 2.89. The van der Waals surface area contributed by atoms with Crippen LogP contribution in [0.3, 0.4) is 0 Å². The van der Waals surface area contributed by atoms with Gasteiger partial charge >= 0.3 is 0 Å². The zero-order valence-electron chi connectivity index (χ0n) is 21.1. The number of carbonyl (C=O) groups is 1. The van der Waals surface area contributed by atoms with E-state index in [1.54, 1.807) is 0 Å². The number of rotatable bonds is 9. The van der Waals surface area contributed by atoms with E-state index in [1.165, 1.54) is 19.1 Å². The molecular formula is C30H35Cl2FN2O2. The van der Waals surface area contributed by atoms with Crippen molar-refractivity contribution in [2.24, 2.45) is 0 Å². The van der Waals surface area contributed by atoms with Crippen molar-refractivity contribution in [2.45, 2.75) is 43.6 Å². The molecule has 1 fully saturated rings. The Bertz CT molecular complexity index is 1130. The van der Waals surface area contributed by atoms with Crippen LogP contribution in [0.5, 0.6) is 0 Å². The van der Waals surface area contributed by atoms with E-state index < -0.39 is 11.0 Å². The lowest BCUT2D eigenvalue weighted by Crippen LogP contribution is -2.44. The third-order valence-corrected chi connectivity index (χ3v) is 7.76. The van der Waals surface area contributed by atoms with Gasteiger partial charge in [0.1, 0.15) is 5.82 Å². The van der Waals surface area contributed by atoms with Crippen molar-refractivity contribution in [1.29, 1.82) is 0 Å². The monoisotopic (exact) mass is 544 g/mol. The van der Waals surface area contributed by atoms with Gasteiger partial charge in [0.2, 0.25) is 5.91 Å². The van der Waals surface area contributed by atoms with Crippen molar-refractivity contribution >= 4 is 29.9 Å². The van der Waals surface area contributed by atoms with Gasteiger partial charge in [0.25, 0.3) is 0 Å². The molecule has 1 amide bonds. The zero-order valence-corrected chi connectivity index (χ0v) is 22.7. The molecule has 1 atom stereocenters. The first-order chi connectivity index (χ1) is 17.3. The molecule has 1 heterocycles. The molecule has 198 valence electrons. The van der Waals surface area contributed by atoms with Gasteiger partial charge in [-0.05, 0) is 73.2 Å². The Hall–Kier alpha value is -2.44. The fourth-order valence-corrected chi connectivity index (χ4v) is 5.48. The molecule has 4 nitrogen and oxygen atoms in total. The van der Waals surface area contributed by atoms with Crippen LogP contribution >= 0.6 is 24.0 Å². The van der Waals surface area contributed by atoms with Gasteiger partial charge in [-0.3, -0.25) is 4.79 Å². The highest BCUT2D eigenvalue weighted by atomic mass is 35.5. The van der Waals surface area contributed by atoms with Gasteiger partial charge in [0, 0.05) is 37.0 Å². The van der Waals surface area contributed by atoms with Gasteiger partial charge in [-0.15, -0.1) is 12.4 Å². The van der Waals surface area contributed by atoms with E-state index >= 15 is 0 Å². The number of carbonyl (C=O) groups excluding carboxylic acids is 1. The third-order valence-electron chi connectivity index (χ3n) is 7.50. The Morgan fingerprint density at radius 2 is 1.59 bits per heavy atom. The Morgan fingerprint density at radius 3 is 2.19 bits per heavy atom. The lowest BCUT2D eigenvalue weighted by Gasteiger charge is -2.40. The maximum Gasteiger partial charge on any atom is 0.216 e. The van der Waals surface area contributed by atoms with Crippen LogP contribution in [0.1, 0.15) is 49.3 Å². The van der Waals surface area contributed by atoms with Gasteiger partial charge in [-0.2, -0.15) is 0 Å². The molecule has 0 saturated carbocycles. The fraction of sp³-hybridized carbons (Fsp3) is 0.367. The molecule has 0 radical (unpaired) electrons. The molecule has 0 aliphatic carbocycles. The van der Waals surface area contributed by atoms with Crippen LogP contribution in [0.4, 0.5) is 4.39 Å². The highest BCUT2D eigenvalue weighted by molar-refractivity contribution is 6.30. The number of likely N-dealkylation sites (tertiary alicyclic amines) is 1.